The van der Waals surface area contributed by atoms with E-state index in [2.05, 4.69) is 17.3 Å². The fraction of sp³-hybridized carbons (Fsp3) is 0.714. The Kier molecular flexibility index (Phi) is 4.32. The molecule has 0 radical (unpaired) electrons. The molecule has 1 saturated heterocycles. The molecule has 2 heterocycles. The van der Waals surface area contributed by atoms with Crippen LogP contribution in [0.15, 0.2) is 18.5 Å². The fourth-order valence-corrected chi connectivity index (χ4v) is 2.20. The largest absolute Gasteiger partial charge is 0.444 e. The van der Waals surface area contributed by atoms with Crippen LogP contribution in [0, 0.1) is 0 Å². The lowest BCUT2D eigenvalue weighted by molar-refractivity contribution is 0.00412. The average Bonchev–Trinajstić information content (AvgIpc) is 2.72. The van der Waals surface area contributed by atoms with Gasteiger partial charge in [0.05, 0.1) is 6.54 Å². The summed E-state index contributed by atoms with van der Waals surface area (Å²) in [5.41, 5.74) is -0.428. The summed E-state index contributed by atoms with van der Waals surface area (Å²) >= 11 is 0. The lowest BCUT2D eigenvalue weighted by Gasteiger charge is -2.41. The number of nitrogens with one attached hydrogen (secondary N) is 1. The summed E-state index contributed by atoms with van der Waals surface area (Å²) in [6.45, 7) is 10.0. The summed E-state index contributed by atoms with van der Waals surface area (Å²) in [5.74, 6) is 0. The molecule has 1 aliphatic heterocycles. The molecule has 1 atom stereocenters. The van der Waals surface area contributed by atoms with Crippen molar-refractivity contribution in [2.75, 3.05) is 13.1 Å². The summed E-state index contributed by atoms with van der Waals surface area (Å²) in [6.07, 6.45) is 3.50. The molecule has 1 aliphatic rings. The Balaban J connectivity index is 1.67. The second-order valence-corrected chi connectivity index (χ2v) is 6.38. The maximum atomic E-state index is 11.8. The van der Waals surface area contributed by atoms with E-state index < -0.39 is 5.60 Å². The summed E-state index contributed by atoms with van der Waals surface area (Å²) in [6, 6.07) is 2.58. The van der Waals surface area contributed by atoms with Crippen molar-refractivity contribution in [2.24, 2.45) is 0 Å². The van der Waals surface area contributed by atoms with Gasteiger partial charge in [0, 0.05) is 37.6 Å². The lowest BCUT2D eigenvalue weighted by atomic mass is 10.1. The van der Waals surface area contributed by atoms with Crippen molar-refractivity contribution in [2.45, 2.75) is 51.9 Å². The molecule has 1 fully saturated rings. The smallest absolute Gasteiger partial charge is 0.410 e. The predicted molar refractivity (Wildman–Crippen MR) is 76.4 cm³/mol. The molecule has 20 heavy (non-hydrogen) atoms. The molecule has 112 valence electrons. The molecule has 1 amide bonds. The third kappa shape index (κ3) is 4.23. The van der Waals surface area contributed by atoms with Gasteiger partial charge in [-0.05, 0) is 33.8 Å². The van der Waals surface area contributed by atoms with Gasteiger partial charge in [0.15, 0.2) is 0 Å². The number of carbonyl (C=O) groups is 1. The van der Waals surface area contributed by atoms with E-state index >= 15 is 0 Å². The molecule has 6 nitrogen and oxygen atoms in total. The van der Waals surface area contributed by atoms with Crippen LogP contribution in [0.5, 0.6) is 0 Å². The maximum Gasteiger partial charge on any atom is 0.410 e. The van der Waals surface area contributed by atoms with Gasteiger partial charge in [-0.2, -0.15) is 5.10 Å². The van der Waals surface area contributed by atoms with E-state index in [-0.39, 0.29) is 6.09 Å². The van der Waals surface area contributed by atoms with Crippen LogP contribution in [0.2, 0.25) is 0 Å². The summed E-state index contributed by atoms with van der Waals surface area (Å²) in [5, 5.41) is 7.67. The van der Waals surface area contributed by atoms with Crippen LogP contribution in [0.3, 0.4) is 0 Å². The zero-order valence-electron chi connectivity index (χ0n) is 12.7. The van der Waals surface area contributed by atoms with Gasteiger partial charge >= 0.3 is 6.09 Å². The van der Waals surface area contributed by atoms with E-state index in [9.17, 15) is 4.79 Å². The monoisotopic (exact) mass is 280 g/mol. The third-order valence-electron chi connectivity index (χ3n) is 3.07. The number of carbonyl (C=O) groups excluding carboxylic acids is 1. The molecule has 0 spiro atoms. The molecular formula is C14H24N4O2. The Morgan fingerprint density at radius 2 is 2.20 bits per heavy atom. The fourth-order valence-electron chi connectivity index (χ4n) is 2.20. The SMILES string of the molecule is CC(Cn1cccn1)NC1CN(C(=O)OC(C)(C)C)C1. The number of ether oxygens (including phenoxy) is 1. The molecule has 2 rings (SSSR count). The minimum atomic E-state index is -0.428. The van der Waals surface area contributed by atoms with E-state index in [1.165, 1.54) is 0 Å². The van der Waals surface area contributed by atoms with Gasteiger partial charge < -0.3 is 15.0 Å². The zero-order valence-corrected chi connectivity index (χ0v) is 12.7. The van der Waals surface area contributed by atoms with Crippen molar-refractivity contribution in [1.82, 2.24) is 20.0 Å². The second-order valence-electron chi connectivity index (χ2n) is 6.38. The molecular weight excluding hydrogens is 256 g/mol. The zero-order chi connectivity index (χ0) is 14.8. The van der Waals surface area contributed by atoms with Crippen LogP contribution in [-0.2, 0) is 11.3 Å². The highest BCUT2D eigenvalue weighted by atomic mass is 16.6. The van der Waals surface area contributed by atoms with Crippen LogP contribution in [0.4, 0.5) is 4.79 Å². The highest BCUT2D eigenvalue weighted by Gasteiger charge is 2.34. The summed E-state index contributed by atoms with van der Waals surface area (Å²) < 4.78 is 7.23. The van der Waals surface area contributed by atoms with Gasteiger partial charge in [0.1, 0.15) is 5.60 Å². The van der Waals surface area contributed by atoms with E-state index in [0.717, 1.165) is 6.54 Å². The number of hydrogen-bond donors (Lipinski definition) is 1. The molecule has 1 aromatic heterocycles. The normalized spacial score (nSPS) is 17.7. The van der Waals surface area contributed by atoms with Crippen molar-refractivity contribution in [3.8, 4) is 0 Å². The van der Waals surface area contributed by atoms with Crippen LogP contribution in [0.1, 0.15) is 27.7 Å². The van der Waals surface area contributed by atoms with Crippen molar-refractivity contribution >= 4 is 6.09 Å². The number of nitrogens with zero attached hydrogens (tertiary/aromatic N) is 3. The van der Waals surface area contributed by atoms with Gasteiger partial charge in [0.25, 0.3) is 0 Å². The van der Waals surface area contributed by atoms with Crippen molar-refractivity contribution in [3.05, 3.63) is 18.5 Å². The minimum Gasteiger partial charge on any atom is -0.444 e. The molecule has 6 heteroatoms. The Morgan fingerprint density at radius 3 is 2.75 bits per heavy atom. The summed E-state index contributed by atoms with van der Waals surface area (Å²) in [4.78, 5) is 13.5. The number of hydrogen-bond acceptors (Lipinski definition) is 4. The number of aromatic nitrogens is 2. The van der Waals surface area contributed by atoms with Crippen LogP contribution < -0.4 is 5.32 Å². The third-order valence-corrected chi connectivity index (χ3v) is 3.07. The Bertz CT molecular complexity index is 433. The quantitative estimate of drug-likeness (QED) is 0.907. The number of likely N-dealkylation sites (tertiary alicyclic amines) is 1. The lowest BCUT2D eigenvalue weighted by Crippen LogP contribution is -2.62. The molecule has 0 aliphatic carbocycles. The highest BCUT2D eigenvalue weighted by molar-refractivity contribution is 5.69. The summed E-state index contributed by atoms with van der Waals surface area (Å²) in [7, 11) is 0. The van der Waals surface area contributed by atoms with E-state index in [4.69, 9.17) is 4.74 Å². The van der Waals surface area contributed by atoms with Gasteiger partial charge in [-0.1, -0.05) is 0 Å². The van der Waals surface area contributed by atoms with Gasteiger partial charge in [-0.25, -0.2) is 4.79 Å². The Hall–Kier alpha value is -1.56. The first-order chi connectivity index (χ1) is 9.33. The Morgan fingerprint density at radius 1 is 1.50 bits per heavy atom. The van der Waals surface area contributed by atoms with Gasteiger partial charge in [-0.3, -0.25) is 4.68 Å². The molecule has 1 N–H and O–H groups in total. The molecule has 1 unspecified atom stereocenters. The average molecular weight is 280 g/mol. The van der Waals surface area contributed by atoms with Crippen molar-refractivity contribution < 1.29 is 9.53 Å². The first kappa shape index (κ1) is 14.8. The first-order valence-corrected chi connectivity index (χ1v) is 7.05. The number of amides is 1. The molecule has 0 bridgehead atoms. The predicted octanol–water partition coefficient (Wildman–Crippen LogP) is 1.48. The Labute approximate surface area is 120 Å². The van der Waals surface area contributed by atoms with Crippen molar-refractivity contribution in [3.63, 3.8) is 0 Å². The number of rotatable bonds is 4. The van der Waals surface area contributed by atoms with Crippen molar-refractivity contribution in [1.29, 1.82) is 0 Å². The van der Waals surface area contributed by atoms with E-state index in [0.29, 0.717) is 25.2 Å². The van der Waals surface area contributed by atoms with Crippen LogP contribution in [-0.4, -0.2) is 51.5 Å². The first-order valence-electron chi connectivity index (χ1n) is 7.05. The minimum absolute atomic E-state index is 0.227. The van der Waals surface area contributed by atoms with E-state index in [1.54, 1.807) is 11.1 Å². The van der Waals surface area contributed by atoms with Gasteiger partial charge in [-0.15, -0.1) is 0 Å². The second kappa shape index (κ2) is 5.83. The standard InChI is InChI=1S/C14H24N4O2/c1-11(8-18-7-5-6-15-18)16-12-9-17(10-12)13(19)20-14(2,3)4/h5-7,11-12,16H,8-10H2,1-4H3. The molecule has 1 aromatic rings. The molecule has 0 saturated carbocycles. The van der Waals surface area contributed by atoms with E-state index in [1.807, 2.05) is 37.7 Å². The topological polar surface area (TPSA) is 59.4 Å². The maximum absolute atomic E-state index is 11.8. The van der Waals surface area contributed by atoms with Crippen LogP contribution >= 0.6 is 0 Å². The highest BCUT2D eigenvalue weighted by Crippen LogP contribution is 2.15. The van der Waals surface area contributed by atoms with Crippen LogP contribution in [0.25, 0.3) is 0 Å². The molecule has 0 aromatic carbocycles. The van der Waals surface area contributed by atoms with Gasteiger partial charge in [0.2, 0.25) is 0 Å².